The number of fused-ring (bicyclic) bond motifs is 1. The molecule has 1 atom stereocenters. The second-order valence-electron chi connectivity index (χ2n) is 5.02. The molecule has 3 aromatic rings. The quantitative estimate of drug-likeness (QED) is 0.555. The van der Waals surface area contributed by atoms with E-state index in [9.17, 15) is 9.59 Å². The van der Waals surface area contributed by atoms with Gasteiger partial charge in [-0.05, 0) is 31.2 Å². The molecule has 7 heteroatoms. The van der Waals surface area contributed by atoms with Gasteiger partial charge in [0.25, 0.3) is 11.8 Å². The van der Waals surface area contributed by atoms with Gasteiger partial charge in [-0.3, -0.25) is 20.4 Å². The topological polar surface area (TPSA) is 71.1 Å². The molecule has 0 aliphatic heterocycles. The van der Waals surface area contributed by atoms with Crippen LogP contribution in [0.5, 0.6) is 0 Å². The molecule has 122 valence electrons. The van der Waals surface area contributed by atoms with E-state index in [4.69, 9.17) is 0 Å². The highest BCUT2D eigenvalue weighted by Gasteiger charge is 2.17. The van der Waals surface area contributed by atoms with E-state index in [-0.39, 0.29) is 17.1 Å². The Labute approximate surface area is 147 Å². The number of carbonyl (C=O) groups is 2. The van der Waals surface area contributed by atoms with Gasteiger partial charge in [0.1, 0.15) is 0 Å². The fourth-order valence-electron chi connectivity index (χ4n) is 1.99. The molecule has 0 bridgehead atoms. The third-order valence-corrected chi connectivity index (χ3v) is 5.49. The van der Waals surface area contributed by atoms with Crippen LogP contribution in [0.15, 0.2) is 58.9 Å². The summed E-state index contributed by atoms with van der Waals surface area (Å²) in [4.78, 5) is 28.5. The molecule has 1 heterocycles. The van der Waals surface area contributed by atoms with Crippen molar-refractivity contribution in [2.75, 3.05) is 0 Å². The van der Waals surface area contributed by atoms with Crippen molar-refractivity contribution in [2.45, 2.75) is 16.5 Å². The number of hydrogen-bond donors (Lipinski definition) is 2. The van der Waals surface area contributed by atoms with E-state index in [0.29, 0.717) is 5.56 Å². The van der Waals surface area contributed by atoms with Crippen LogP contribution in [-0.4, -0.2) is 22.0 Å². The minimum absolute atomic E-state index is 0.275. The van der Waals surface area contributed by atoms with Crippen molar-refractivity contribution in [1.29, 1.82) is 0 Å². The Morgan fingerprint density at radius 1 is 1.04 bits per heavy atom. The number of nitrogens with zero attached hydrogens (tertiary/aromatic N) is 1. The highest BCUT2D eigenvalue weighted by atomic mass is 32.2. The van der Waals surface area contributed by atoms with Gasteiger partial charge < -0.3 is 0 Å². The lowest BCUT2D eigenvalue weighted by Crippen LogP contribution is -2.44. The van der Waals surface area contributed by atoms with Crippen molar-refractivity contribution in [1.82, 2.24) is 15.8 Å². The molecule has 0 saturated carbocycles. The second kappa shape index (κ2) is 7.46. The van der Waals surface area contributed by atoms with Crippen molar-refractivity contribution < 1.29 is 9.59 Å². The molecule has 1 aromatic heterocycles. The third kappa shape index (κ3) is 3.93. The first-order valence-corrected chi connectivity index (χ1v) is 9.00. The van der Waals surface area contributed by atoms with Crippen LogP contribution >= 0.6 is 23.1 Å². The number of benzene rings is 2. The minimum Gasteiger partial charge on any atom is -0.272 e. The van der Waals surface area contributed by atoms with Crippen LogP contribution in [-0.2, 0) is 4.79 Å². The standard InChI is InChI=1S/C17H15N3O2S2/c1-11(23-17-18-13-9-5-6-10-14(13)24-17)15(21)19-20-16(22)12-7-3-2-4-8-12/h2-11H,1H3,(H,19,21)(H,20,22)/t11-/m1/s1. The molecule has 0 aliphatic rings. The molecule has 0 spiro atoms. The zero-order valence-corrected chi connectivity index (χ0v) is 14.5. The number of hydrogen-bond acceptors (Lipinski definition) is 5. The summed E-state index contributed by atoms with van der Waals surface area (Å²) in [5.41, 5.74) is 6.29. The number of para-hydroxylation sites is 1. The Morgan fingerprint density at radius 2 is 1.75 bits per heavy atom. The van der Waals surface area contributed by atoms with E-state index >= 15 is 0 Å². The summed E-state index contributed by atoms with van der Waals surface area (Å²) in [6.07, 6.45) is 0. The average molecular weight is 357 g/mol. The fourth-order valence-corrected chi connectivity index (χ4v) is 4.20. The van der Waals surface area contributed by atoms with Crippen LogP contribution in [0.4, 0.5) is 0 Å². The predicted molar refractivity (Wildman–Crippen MR) is 97.0 cm³/mol. The molecule has 2 aromatic carbocycles. The Kier molecular flexibility index (Phi) is 5.12. The number of thioether (sulfide) groups is 1. The first kappa shape index (κ1) is 16.5. The lowest BCUT2D eigenvalue weighted by Gasteiger charge is -2.11. The molecule has 2 N–H and O–H groups in total. The van der Waals surface area contributed by atoms with Gasteiger partial charge >= 0.3 is 0 Å². The highest BCUT2D eigenvalue weighted by molar-refractivity contribution is 8.02. The SMILES string of the molecule is C[C@@H](Sc1nc2ccccc2s1)C(=O)NNC(=O)c1ccccc1. The summed E-state index contributed by atoms with van der Waals surface area (Å²) in [6, 6.07) is 16.6. The molecule has 2 amide bonds. The van der Waals surface area contributed by atoms with Crippen molar-refractivity contribution in [3.63, 3.8) is 0 Å². The maximum absolute atomic E-state index is 12.1. The van der Waals surface area contributed by atoms with Gasteiger partial charge in [0, 0.05) is 5.56 Å². The van der Waals surface area contributed by atoms with Crippen LogP contribution in [0, 0.1) is 0 Å². The summed E-state index contributed by atoms with van der Waals surface area (Å²) in [5.74, 6) is -0.621. The maximum Gasteiger partial charge on any atom is 0.269 e. The van der Waals surface area contributed by atoms with E-state index in [0.717, 1.165) is 14.6 Å². The summed E-state index contributed by atoms with van der Waals surface area (Å²) >= 11 is 2.92. The van der Waals surface area contributed by atoms with Crippen LogP contribution in [0.2, 0.25) is 0 Å². The number of nitrogens with one attached hydrogen (secondary N) is 2. The van der Waals surface area contributed by atoms with Gasteiger partial charge in [-0.2, -0.15) is 0 Å². The fraction of sp³-hybridized carbons (Fsp3) is 0.118. The van der Waals surface area contributed by atoms with Crippen molar-refractivity contribution in [3.8, 4) is 0 Å². The lowest BCUT2D eigenvalue weighted by atomic mass is 10.2. The number of amides is 2. The van der Waals surface area contributed by atoms with Crippen LogP contribution < -0.4 is 10.9 Å². The maximum atomic E-state index is 12.1. The number of aromatic nitrogens is 1. The summed E-state index contributed by atoms with van der Waals surface area (Å²) in [5, 5.41) is -0.373. The molecule has 24 heavy (non-hydrogen) atoms. The Balaban J connectivity index is 1.55. The molecule has 0 radical (unpaired) electrons. The number of thiazole rings is 1. The van der Waals surface area contributed by atoms with Crippen molar-refractivity contribution >= 4 is 45.1 Å². The molecule has 0 unspecified atom stereocenters. The van der Waals surface area contributed by atoms with Gasteiger partial charge in [-0.1, -0.05) is 42.1 Å². The Hall–Kier alpha value is -2.38. The molecule has 5 nitrogen and oxygen atoms in total. The monoisotopic (exact) mass is 357 g/mol. The van der Waals surface area contributed by atoms with Crippen LogP contribution in [0.1, 0.15) is 17.3 Å². The second-order valence-corrected chi connectivity index (χ2v) is 7.64. The molecule has 3 rings (SSSR count). The molecular weight excluding hydrogens is 342 g/mol. The highest BCUT2D eigenvalue weighted by Crippen LogP contribution is 2.31. The van der Waals surface area contributed by atoms with E-state index in [1.54, 1.807) is 42.5 Å². The number of carbonyl (C=O) groups excluding carboxylic acids is 2. The zero-order chi connectivity index (χ0) is 16.9. The van der Waals surface area contributed by atoms with Crippen LogP contribution in [0.3, 0.4) is 0 Å². The predicted octanol–water partition coefficient (Wildman–Crippen LogP) is 3.24. The van der Waals surface area contributed by atoms with Gasteiger partial charge in [0.15, 0.2) is 4.34 Å². The third-order valence-electron chi connectivity index (χ3n) is 3.26. The van der Waals surface area contributed by atoms with Gasteiger partial charge in [-0.25, -0.2) is 4.98 Å². The van der Waals surface area contributed by atoms with Crippen molar-refractivity contribution in [3.05, 3.63) is 60.2 Å². The Bertz CT molecular complexity index is 831. The lowest BCUT2D eigenvalue weighted by molar-refractivity contribution is -0.121. The first-order chi connectivity index (χ1) is 11.6. The molecule has 0 saturated heterocycles. The van der Waals surface area contributed by atoms with Gasteiger partial charge in [-0.15, -0.1) is 11.3 Å². The molecule has 0 aliphatic carbocycles. The molecular formula is C17H15N3O2S2. The van der Waals surface area contributed by atoms with Crippen LogP contribution in [0.25, 0.3) is 10.2 Å². The normalized spacial score (nSPS) is 11.9. The average Bonchev–Trinajstić information content (AvgIpc) is 3.02. The van der Waals surface area contributed by atoms with Gasteiger partial charge in [0.05, 0.1) is 15.5 Å². The Morgan fingerprint density at radius 3 is 2.50 bits per heavy atom. The first-order valence-electron chi connectivity index (χ1n) is 7.31. The summed E-state index contributed by atoms with van der Waals surface area (Å²) in [7, 11) is 0. The van der Waals surface area contributed by atoms with E-state index < -0.39 is 0 Å². The van der Waals surface area contributed by atoms with Gasteiger partial charge in [0.2, 0.25) is 0 Å². The van der Waals surface area contributed by atoms with E-state index in [1.807, 2.05) is 30.3 Å². The smallest absolute Gasteiger partial charge is 0.269 e. The summed E-state index contributed by atoms with van der Waals surface area (Å²) in [6.45, 7) is 1.78. The zero-order valence-electron chi connectivity index (χ0n) is 12.9. The van der Waals surface area contributed by atoms with Crippen molar-refractivity contribution in [2.24, 2.45) is 0 Å². The minimum atomic E-state index is -0.373. The van der Waals surface area contributed by atoms with E-state index in [2.05, 4.69) is 15.8 Å². The summed E-state index contributed by atoms with van der Waals surface area (Å²) < 4.78 is 1.92. The largest absolute Gasteiger partial charge is 0.272 e. The number of hydrazine groups is 1. The van der Waals surface area contributed by atoms with E-state index in [1.165, 1.54) is 11.8 Å². The number of rotatable bonds is 4. The molecule has 0 fully saturated rings.